The summed E-state index contributed by atoms with van der Waals surface area (Å²) in [4.78, 5) is 16.8. The first-order valence-corrected chi connectivity index (χ1v) is 5.65. The summed E-state index contributed by atoms with van der Waals surface area (Å²) in [5, 5.41) is 10.7. The van der Waals surface area contributed by atoms with E-state index in [0.717, 1.165) is 6.07 Å². The van der Waals surface area contributed by atoms with Crippen LogP contribution in [0.1, 0.15) is 0 Å². The molecule has 0 saturated carbocycles. The Labute approximate surface area is 111 Å². The maximum absolute atomic E-state index is 13.8. The Hall–Kier alpha value is -2.83. The van der Waals surface area contributed by atoms with Crippen LogP contribution in [0, 0.1) is 21.7 Å². The third kappa shape index (κ3) is 1.89. The fourth-order valence-corrected chi connectivity index (χ4v) is 1.94. The Kier molecular flexibility index (Phi) is 2.67. The van der Waals surface area contributed by atoms with Crippen molar-refractivity contribution in [3.05, 3.63) is 58.1 Å². The van der Waals surface area contributed by atoms with Gasteiger partial charge in [0.2, 0.25) is 5.82 Å². The summed E-state index contributed by atoms with van der Waals surface area (Å²) in [6.07, 6.45) is 0. The number of rotatable bonds is 2. The molecule has 0 unspecified atom stereocenters. The Bertz CT molecular complexity index is 797. The third-order valence-corrected chi connectivity index (χ3v) is 2.88. The van der Waals surface area contributed by atoms with E-state index in [1.165, 1.54) is 0 Å². The monoisotopic (exact) mass is 275 g/mol. The van der Waals surface area contributed by atoms with Gasteiger partial charge in [-0.2, -0.15) is 4.39 Å². The number of H-pyrrole nitrogens is 1. The van der Waals surface area contributed by atoms with Crippen LogP contribution in [0.5, 0.6) is 0 Å². The number of hydrogen-bond donors (Lipinski definition) is 1. The van der Waals surface area contributed by atoms with Crippen molar-refractivity contribution >= 4 is 16.7 Å². The quantitative estimate of drug-likeness (QED) is 0.575. The molecule has 0 fully saturated rings. The van der Waals surface area contributed by atoms with Gasteiger partial charge in [-0.1, -0.05) is 12.1 Å². The molecule has 0 spiro atoms. The van der Waals surface area contributed by atoms with E-state index in [4.69, 9.17) is 0 Å². The van der Waals surface area contributed by atoms with Crippen molar-refractivity contribution in [1.29, 1.82) is 0 Å². The molecule has 3 aromatic rings. The van der Waals surface area contributed by atoms with E-state index in [1.54, 1.807) is 24.3 Å². The molecule has 7 heteroatoms. The van der Waals surface area contributed by atoms with Crippen molar-refractivity contribution in [2.75, 3.05) is 0 Å². The minimum Gasteiger partial charge on any atom is -0.338 e. The standard InChI is InChI=1S/C13H7F2N3O2/c14-8-6-9(15)12(18(19)20)5-7(8)13-16-10-3-1-2-4-11(10)17-13/h1-6H,(H,16,17). The predicted octanol–water partition coefficient (Wildman–Crippen LogP) is 3.42. The van der Waals surface area contributed by atoms with E-state index in [-0.39, 0.29) is 11.4 Å². The normalized spacial score (nSPS) is 10.9. The van der Waals surface area contributed by atoms with Gasteiger partial charge in [0.1, 0.15) is 11.6 Å². The number of aromatic amines is 1. The van der Waals surface area contributed by atoms with Crippen LogP contribution < -0.4 is 0 Å². The molecular weight excluding hydrogens is 268 g/mol. The van der Waals surface area contributed by atoms with Crippen molar-refractivity contribution in [3.63, 3.8) is 0 Å². The smallest absolute Gasteiger partial charge is 0.305 e. The number of nitrogens with zero attached hydrogens (tertiary/aromatic N) is 2. The first-order chi connectivity index (χ1) is 9.56. The summed E-state index contributed by atoms with van der Waals surface area (Å²) < 4.78 is 27.1. The van der Waals surface area contributed by atoms with Gasteiger partial charge < -0.3 is 4.98 Å². The Balaban J connectivity index is 2.22. The van der Waals surface area contributed by atoms with E-state index in [0.29, 0.717) is 17.1 Å². The number of benzene rings is 2. The number of halogens is 2. The lowest BCUT2D eigenvalue weighted by Crippen LogP contribution is -1.96. The van der Waals surface area contributed by atoms with Gasteiger partial charge in [0.15, 0.2) is 0 Å². The second-order valence-corrected chi connectivity index (χ2v) is 4.14. The molecule has 2 aromatic carbocycles. The SMILES string of the molecule is O=[N+]([O-])c1cc(-c2nc3ccccc3[nH]2)c(F)cc1F. The minimum absolute atomic E-state index is 0.117. The molecule has 0 atom stereocenters. The van der Waals surface area contributed by atoms with E-state index < -0.39 is 22.2 Å². The molecule has 0 bridgehead atoms. The number of fused-ring (bicyclic) bond motifs is 1. The van der Waals surface area contributed by atoms with Crippen molar-refractivity contribution in [1.82, 2.24) is 9.97 Å². The van der Waals surface area contributed by atoms with Crippen LogP contribution in [0.4, 0.5) is 14.5 Å². The number of imidazole rings is 1. The van der Waals surface area contributed by atoms with E-state index >= 15 is 0 Å². The fraction of sp³-hybridized carbons (Fsp3) is 0. The molecule has 20 heavy (non-hydrogen) atoms. The first-order valence-electron chi connectivity index (χ1n) is 5.65. The molecule has 0 aliphatic rings. The average molecular weight is 275 g/mol. The minimum atomic E-state index is -1.22. The summed E-state index contributed by atoms with van der Waals surface area (Å²) >= 11 is 0. The van der Waals surface area contributed by atoms with Crippen LogP contribution in [0.2, 0.25) is 0 Å². The van der Waals surface area contributed by atoms with Crippen LogP contribution in [0.25, 0.3) is 22.4 Å². The molecule has 1 heterocycles. The van der Waals surface area contributed by atoms with Gasteiger partial charge in [-0.15, -0.1) is 0 Å². The van der Waals surface area contributed by atoms with Gasteiger partial charge >= 0.3 is 5.69 Å². The van der Waals surface area contributed by atoms with Crippen LogP contribution >= 0.6 is 0 Å². The van der Waals surface area contributed by atoms with Crippen molar-refractivity contribution in [2.45, 2.75) is 0 Å². The highest BCUT2D eigenvalue weighted by Gasteiger charge is 2.20. The average Bonchev–Trinajstić information content (AvgIpc) is 2.81. The zero-order valence-corrected chi connectivity index (χ0v) is 9.93. The predicted molar refractivity (Wildman–Crippen MR) is 68.1 cm³/mol. The van der Waals surface area contributed by atoms with E-state index in [9.17, 15) is 18.9 Å². The number of nitro benzene ring substituents is 1. The largest absolute Gasteiger partial charge is 0.338 e. The summed E-state index contributed by atoms with van der Waals surface area (Å²) in [5.74, 6) is -2.01. The highest BCUT2D eigenvalue weighted by atomic mass is 19.1. The molecule has 3 rings (SSSR count). The van der Waals surface area contributed by atoms with Crippen LogP contribution in [-0.2, 0) is 0 Å². The summed E-state index contributed by atoms with van der Waals surface area (Å²) in [7, 11) is 0. The molecular formula is C13H7F2N3O2. The lowest BCUT2D eigenvalue weighted by atomic mass is 10.1. The van der Waals surface area contributed by atoms with Crippen molar-refractivity contribution < 1.29 is 13.7 Å². The van der Waals surface area contributed by atoms with Crippen LogP contribution in [0.3, 0.4) is 0 Å². The summed E-state index contributed by atoms with van der Waals surface area (Å²) in [6.45, 7) is 0. The lowest BCUT2D eigenvalue weighted by Gasteiger charge is -2.00. The third-order valence-electron chi connectivity index (χ3n) is 2.88. The molecule has 1 N–H and O–H groups in total. The van der Waals surface area contributed by atoms with Gasteiger partial charge in [0, 0.05) is 12.1 Å². The van der Waals surface area contributed by atoms with Gasteiger partial charge in [-0.25, -0.2) is 9.37 Å². The number of aromatic nitrogens is 2. The topological polar surface area (TPSA) is 71.8 Å². The molecule has 0 amide bonds. The summed E-state index contributed by atoms with van der Waals surface area (Å²) in [5.41, 5.74) is 0.318. The summed E-state index contributed by atoms with van der Waals surface area (Å²) in [6, 6.07) is 8.31. The zero-order valence-electron chi connectivity index (χ0n) is 9.93. The first kappa shape index (κ1) is 12.2. The molecule has 0 aliphatic heterocycles. The Morgan fingerprint density at radius 1 is 1.15 bits per heavy atom. The van der Waals surface area contributed by atoms with Gasteiger partial charge in [0.05, 0.1) is 21.5 Å². The number of hydrogen-bond acceptors (Lipinski definition) is 3. The molecule has 0 saturated heterocycles. The number of nitro groups is 1. The Morgan fingerprint density at radius 3 is 2.60 bits per heavy atom. The molecule has 5 nitrogen and oxygen atoms in total. The molecule has 1 aromatic heterocycles. The second-order valence-electron chi connectivity index (χ2n) is 4.14. The highest BCUT2D eigenvalue weighted by Crippen LogP contribution is 2.29. The Morgan fingerprint density at radius 2 is 1.90 bits per heavy atom. The maximum atomic E-state index is 13.8. The maximum Gasteiger partial charge on any atom is 0.305 e. The van der Waals surface area contributed by atoms with E-state index in [2.05, 4.69) is 9.97 Å². The van der Waals surface area contributed by atoms with Crippen LogP contribution in [0.15, 0.2) is 36.4 Å². The lowest BCUT2D eigenvalue weighted by molar-refractivity contribution is -0.387. The van der Waals surface area contributed by atoms with Gasteiger partial charge in [0.25, 0.3) is 0 Å². The highest BCUT2D eigenvalue weighted by molar-refractivity contribution is 5.79. The molecule has 100 valence electrons. The van der Waals surface area contributed by atoms with Gasteiger partial charge in [-0.05, 0) is 12.1 Å². The van der Waals surface area contributed by atoms with Crippen LogP contribution in [-0.4, -0.2) is 14.9 Å². The van der Waals surface area contributed by atoms with Gasteiger partial charge in [-0.3, -0.25) is 10.1 Å². The fourth-order valence-electron chi connectivity index (χ4n) is 1.94. The van der Waals surface area contributed by atoms with E-state index in [1.807, 2.05) is 0 Å². The van der Waals surface area contributed by atoms with Crippen molar-refractivity contribution in [3.8, 4) is 11.4 Å². The number of para-hydroxylation sites is 2. The zero-order chi connectivity index (χ0) is 14.3. The number of nitrogens with one attached hydrogen (secondary N) is 1. The molecule has 0 radical (unpaired) electrons. The van der Waals surface area contributed by atoms with Crippen molar-refractivity contribution in [2.24, 2.45) is 0 Å². The molecule has 0 aliphatic carbocycles. The second kappa shape index (κ2) is 4.37.